The van der Waals surface area contributed by atoms with Crippen molar-refractivity contribution in [1.82, 2.24) is 0 Å². The van der Waals surface area contributed by atoms with E-state index in [4.69, 9.17) is 0 Å². The number of amides is 1. The Morgan fingerprint density at radius 2 is 1.76 bits per heavy atom. The Balaban J connectivity index is 2.33. The molecule has 0 aliphatic rings. The van der Waals surface area contributed by atoms with Crippen molar-refractivity contribution < 1.29 is 17.6 Å². The normalized spacial score (nSPS) is 12.5. The van der Waals surface area contributed by atoms with Crippen LogP contribution in [-0.4, -0.2) is 26.6 Å². The van der Waals surface area contributed by atoms with Crippen LogP contribution in [0, 0.1) is 19.7 Å². The fraction of sp³-hybridized carbons (Fsp3) is 0.278. The van der Waals surface area contributed by atoms with E-state index in [-0.39, 0.29) is 5.69 Å². The summed E-state index contributed by atoms with van der Waals surface area (Å²) in [7, 11) is -3.86. The van der Waals surface area contributed by atoms with E-state index in [9.17, 15) is 17.6 Å². The number of aryl methyl sites for hydroxylation is 2. The van der Waals surface area contributed by atoms with Crippen LogP contribution in [0.4, 0.5) is 15.8 Å². The molecular formula is C18H21FN2O3S. The van der Waals surface area contributed by atoms with Gasteiger partial charge in [-0.05, 0) is 56.2 Å². The molecule has 0 heterocycles. The van der Waals surface area contributed by atoms with Gasteiger partial charge < -0.3 is 5.32 Å². The monoisotopic (exact) mass is 364 g/mol. The highest BCUT2D eigenvalue weighted by Gasteiger charge is 2.30. The number of hydrogen-bond donors (Lipinski definition) is 1. The number of nitrogens with one attached hydrogen (secondary N) is 1. The zero-order chi connectivity index (χ0) is 18.8. The zero-order valence-corrected chi connectivity index (χ0v) is 15.4. The first-order valence-corrected chi connectivity index (χ1v) is 9.58. The molecule has 0 spiro atoms. The van der Waals surface area contributed by atoms with Gasteiger partial charge in [-0.3, -0.25) is 9.10 Å². The second-order valence-corrected chi connectivity index (χ2v) is 7.83. The maximum Gasteiger partial charge on any atom is 0.247 e. The Labute approximate surface area is 147 Å². The van der Waals surface area contributed by atoms with Crippen LogP contribution in [0.2, 0.25) is 0 Å². The largest absolute Gasteiger partial charge is 0.324 e. The minimum Gasteiger partial charge on any atom is -0.324 e. The molecule has 2 aromatic rings. The number of rotatable bonds is 5. The molecule has 2 rings (SSSR count). The van der Waals surface area contributed by atoms with Gasteiger partial charge in [-0.2, -0.15) is 0 Å². The maximum absolute atomic E-state index is 14.1. The van der Waals surface area contributed by atoms with Crippen molar-refractivity contribution in [3.63, 3.8) is 0 Å². The second-order valence-electron chi connectivity index (χ2n) is 5.97. The third kappa shape index (κ3) is 4.36. The number of benzene rings is 2. The third-order valence-corrected chi connectivity index (χ3v) is 5.18. The molecule has 0 aliphatic heterocycles. The van der Waals surface area contributed by atoms with Crippen molar-refractivity contribution in [2.75, 3.05) is 15.9 Å². The summed E-state index contributed by atoms with van der Waals surface area (Å²) in [5.74, 6) is -1.25. The average Bonchev–Trinajstić information content (AvgIpc) is 2.51. The third-order valence-electron chi connectivity index (χ3n) is 3.95. The molecule has 134 valence electrons. The van der Waals surface area contributed by atoms with E-state index in [1.165, 1.54) is 25.1 Å². The fourth-order valence-corrected chi connectivity index (χ4v) is 3.65. The number of anilines is 2. The molecule has 5 nitrogen and oxygen atoms in total. The summed E-state index contributed by atoms with van der Waals surface area (Å²) in [6, 6.07) is 9.74. The number of hydrogen-bond acceptors (Lipinski definition) is 3. The van der Waals surface area contributed by atoms with Gasteiger partial charge in [0.05, 0.1) is 11.9 Å². The van der Waals surface area contributed by atoms with Crippen LogP contribution in [0.3, 0.4) is 0 Å². The smallest absolute Gasteiger partial charge is 0.247 e. The predicted molar refractivity (Wildman–Crippen MR) is 97.7 cm³/mol. The average molecular weight is 364 g/mol. The highest BCUT2D eigenvalue weighted by atomic mass is 32.2. The van der Waals surface area contributed by atoms with Crippen molar-refractivity contribution in [2.24, 2.45) is 0 Å². The molecule has 1 unspecified atom stereocenters. The Morgan fingerprint density at radius 1 is 1.12 bits per heavy atom. The van der Waals surface area contributed by atoms with Crippen molar-refractivity contribution in [3.8, 4) is 0 Å². The van der Waals surface area contributed by atoms with Gasteiger partial charge in [-0.15, -0.1) is 0 Å². The van der Waals surface area contributed by atoms with Crippen molar-refractivity contribution in [2.45, 2.75) is 26.8 Å². The van der Waals surface area contributed by atoms with Gasteiger partial charge in [-0.1, -0.05) is 18.2 Å². The minimum atomic E-state index is -3.86. The molecule has 7 heteroatoms. The molecule has 0 aromatic heterocycles. The van der Waals surface area contributed by atoms with E-state index < -0.39 is 27.8 Å². The highest BCUT2D eigenvalue weighted by Crippen LogP contribution is 2.25. The quantitative estimate of drug-likeness (QED) is 0.886. The lowest BCUT2D eigenvalue weighted by molar-refractivity contribution is -0.116. The van der Waals surface area contributed by atoms with Crippen LogP contribution in [0.5, 0.6) is 0 Å². The molecule has 0 radical (unpaired) electrons. The van der Waals surface area contributed by atoms with Crippen LogP contribution in [0.1, 0.15) is 18.1 Å². The number of sulfonamides is 1. The van der Waals surface area contributed by atoms with E-state index in [0.717, 1.165) is 27.8 Å². The van der Waals surface area contributed by atoms with E-state index in [2.05, 4.69) is 5.32 Å². The van der Waals surface area contributed by atoms with Crippen molar-refractivity contribution >= 4 is 27.3 Å². The van der Waals surface area contributed by atoms with Gasteiger partial charge in [0.1, 0.15) is 11.9 Å². The van der Waals surface area contributed by atoms with E-state index in [0.29, 0.717) is 5.69 Å². The number of carbonyl (C=O) groups is 1. The Hall–Kier alpha value is -2.41. The first-order chi connectivity index (χ1) is 11.6. The summed E-state index contributed by atoms with van der Waals surface area (Å²) in [6.07, 6.45) is 0.944. The number of carbonyl (C=O) groups excluding carboxylic acids is 1. The van der Waals surface area contributed by atoms with Crippen molar-refractivity contribution in [3.05, 3.63) is 59.4 Å². The lowest BCUT2D eigenvalue weighted by atomic mass is 10.1. The SMILES string of the molecule is Cc1ccc(NC(=O)C(C)N(c2ccccc2F)S(C)(=O)=O)cc1C. The Kier molecular flexibility index (Phi) is 5.47. The molecule has 1 amide bonds. The van der Waals surface area contributed by atoms with E-state index >= 15 is 0 Å². The molecule has 25 heavy (non-hydrogen) atoms. The minimum absolute atomic E-state index is 0.160. The first-order valence-electron chi connectivity index (χ1n) is 7.73. The lowest BCUT2D eigenvalue weighted by Crippen LogP contribution is -2.45. The zero-order valence-electron chi connectivity index (χ0n) is 14.6. The van der Waals surface area contributed by atoms with E-state index in [1.807, 2.05) is 19.9 Å². The topological polar surface area (TPSA) is 66.5 Å². The first kappa shape index (κ1) is 18.9. The van der Waals surface area contributed by atoms with Gasteiger partial charge in [-0.25, -0.2) is 12.8 Å². The van der Waals surface area contributed by atoms with E-state index in [1.54, 1.807) is 12.1 Å². The molecule has 0 fully saturated rings. The Morgan fingerprint density at radius 3 is 2.32 bits per heavy atom. The second kappa shape index (κ2) is 7.23. The summed E-state index contributed by atoms with van der Waals surface area (Å²) >= 11 is 0. The molecule has 0 saturated heterocycles. The van der Waals surface area contributed by atoms with Crippen LogP contribution in [0.25, 0.3) is 0 Å². The van der Waals surface area contributed by atoms with Gasteiger partial charge in [0.2, 0.25) is 15.9 Å². The molecule has 2 aromatic carbocycles. The number of nitrogens with zero attached hydrogens (tertiary/aromatic N) is 1. The van der Waals surface area contributed by atoms with Crippen LogP contribution in [-0.2, 0) is 14.8 Å². The molecule has 0 bridgehead atoms. The van der Waals surface area contributed by atoms with Crippen molar-refractivity contribution in [1.29, 1.82) is 0 Å². The molecule has 0 aliphatic carbocycles. The summed E-state index contributed by atoms with van der Waals surface area (Å²) in [5.41, 5.74) is 2.48. The van der Waals surface area contributed by atoms with Gasteiger partial charge >= 0.3 is 0 Å². The van der Waals surface area contributed by atoms with Gasteiger partial charge in [0, 0.05) is 5.69 Å². The number of halogens is 1. The molecule has 0 saturated carbocycles. The summed E-state index contributed by atoms with van der Waals surface area (Å²) in [4.78, 5) is 12.5. The highest BCUT2D eigenvalue weighted by molar-refractivity contribution is 7.92. The lowest BCUT2D eigenvalue weighted by Gasteiger charge is -2.28. The maximum atomic E-state index is 14.1. The summed E-state index contributed by atoms with van der Waals surface area (Å²) in [5, 5.41) is 2.68. The van der Waals surface area contributed by atoms with Gasteiger partial charge in [0.25, 0.3) is 0 Å². The molecular weight excluding hydrogens is 343 g/mol. The standard InChI is InChI=1S/C18H21FN2O3S/c1-12-9-10-15(11-13(12)2)20-18(22)14(3)21(25(4,23)24)17-8-6-5-7-16(17)19/h5-11,14H,1-4H3,(H,20,22). The fourth-order valence-electron chi connectivity index (χ4n) is 2.48. The molecule has 1 atom stereocenters. The van der Waals surface area contributed by atoms with Gasteiger partial charge in [0.15, 0.2) is 0 Å². The Bertz CT molecular complexity index is 897. The van der Waals surface area contributed by atoms with Crippen LogP contribution >= 0.6 is 0 Å². The molecule has 1 N–H and O–H groups in total. The number of para-hydroxylation sites is 1. The van der Waals surface area contributed by atoms with Crippen LogP contribution < -0.4 is 9.62 Å². The summed E-state index contributed by atoms with van der Waals surface area (Å²) in [6.45, 7) is 5.29. The van der Waals surface area contributed by atoms with Crippen LogP contribution in [0.15, 0.2) is 42.5 Å². The summed E-state index contributed by atoms with van der Waals surface area (Å²) < 4.78 is 39.2. The predicted octanol–water partition coefficient (Wildman–Crippen LogP) is 3.24.